The molecule has 0 saturated carbocycles. The van der Waals surface area contributed by atoms with Crippen LogP contribution in [0.25, 0.3) is 0 Å². The van der Waals surface area contributed by atoms with Gasteiger partial charge in [-0.3, -0.25) is 0 Å². The Balaban J connectivity index is 3.19. The largest absolute Gasteiger partial charge is 0.493 e. The molecule has 0 bridgehead atoms. The van der Waals surface area contributed by atoms with Gasteiger partial charge in [0.05, 0.1) is 20.8 Å². The topological polar surface area (TPSA) is 53.7 Å². The first kappa shape index (κ1) is 11.8. The zero-order chi connectivity index (χ0) is 11.3. The first-order chi connectivity index (χ1) is 7.26. The summed E-state index contributed by atoms with van der Waals surface area (Å²) in [6.07, 6.45) is 0. The summed E-state index contributed by atoms with van der Waals surface area (Å²) in [6.45, 7) is 0.949. The van der Waals surface area contributed by atoms with Gasteiger partial charge in [0.25, 0.3) is 0 Å². The Bertz CT molecular complexity index is 326. The lowest BCUT2D eigenvalue weighted by Crippen LogP contribution is -2.02. The molecule has 84 valence electrons. The number of nitrogens with two attached hydrogens (primary N) is 1. The summed E-state index contributed by atoms with van der Waals surface area (Å²) in [5, 5.41) is 0. The minimum atomic E-state index is 0.469. The van der Waals surface area contributed by atoms with Gasteiger partial charge in [-0.1, -0.05) is 0 Å². The fourth-order valence-corrected chi connectivity index (χ4v) is 1.49. The molecule has 1 rings (SSSR count). The Morgan fingerprint density at radius 3 is 2.33 bits per heavy atom. The molecular formula is C11H17NO3. The van der Waals surface area contributed by atoms with Gasteiger partial charge in [-0.15, -0.1) is 0 Å². The molecule has 0 fully saturated rings. The molecule has 0 aliphatic carbocycles. The average Bonchev–Trinajstić information content (AvgIpc) is 2.28. The highest BCUT2D eigenvalue weighted by Gasteiger charge is 2.11. The molecule has 4 nitrogen and oxygen atoms in total. The van der Waals surface area contributed by atoms with Gasteiger partial charge in [0.15, 0.2) is 11.5 Å². The summed E-state index contributed by atoms with van der Waals surface area (Å²) in [5.41, 5.74) is 7.54. The fourth-order valence-electron chi connectivity index (χ4n) is 1.49. The Morgan fingerprint density at radius 2 is 1.87 bits per heavy atom. The summed E-state index contributed by atoms with van der Waals surface area (Å²) in [7, 11) is 4.86. The van der Waals surface area contributed by atoms with E-state index >= 15 is 0 Å². The van der Waals surface area contributed by atoms with Crippen molar-refractivity contribution in [3.63, 3.8) is 0 Å². The van der Waals surface area contributed by atoms with Crippen LogP contribution in [0.15, 0.2) is 12.1 Å². The van der Waals surface area contributed by atoms with Gasteiger partial charge in [0, 0.05) is 19.2 Å². The van der Waals surface area contributed by atoms with Crippen molar-refractivity contribution >= 4 is 0 Å². The van der Waals surface area contributed by atoms with Gasteiger partial charge in [-0.25, -0.2) is 0 Å². The normalized spacial score (nSPS) is 10.1. The highest BCUT2D eigenvalue weighted by molar-refractivity contribution is 5.49. The predicted molar refractivity (Wildman–Crippen MR) is 58.2 cm³/mol. The molecular weight excluding hydrogens is 194 g/mol. The van der Waals surface area contributed by atoms with Crippen molar-refractivity contribution in [3.8, 4) is 11.5 Å². The molecule has 0 amide bonds. The molecule has 4 heteroatoms. The van der Waals surface area contributed by atoms with E-state index in [-0.39, 0.29) is 0 Å². The Hall–Kier alpha value is -1.26. The number of benzene rings is 1. The Kier molecular flexibility index (Phi) is 4.39. The van der Waals surface area contributed by atoms with Crippen LogP contribution in [0.2, 0.25) is 0 Å². The second-order valence-electron chi connectivity index (χ2n) is 3.13. The van der Waals surface area contributed by atoms with Gasteiger partial charge in [0.1, 0.15) is 0 Å². The van der Waals surface area contributed by atoms with Crippen LogP contribution in [-0.4, -0.2) is 21.3 Å². The fraction of sp³-hybridized carbons (Fsp3) is 0.455. The molecule has 0 radical (unpaired) electrons. The standard InChI is InChI=1S/C11H17NO3/c1-13-7-9-4-8(6-12)5-10(14-2)11(9)15-3/h4-5H,6-7,12H2,1-3H3. The highest BCUT2D eigenvalue weighted by atomic mass is 16.5. The van der Waals surface area contributed by atoms with Crippen molar-refractivity contribution in [1.29, 1.82) is 0 Å². The van der Waals surface area contributed by atoms with Crippen molar-refractivity contribution in [2.75, 3.05) is 21.3 Å². The van der Waals surface area contributed by atoms with E-state index in [0.29, 0.717) is 24.7 Å². The minimum absolute atomic E-state index is 0.469. The van der Waals surface area contributed by atoms with Crippen LogP contribution < -0.4 is 15.2 Å². The van der Waals surface area contributed by atoms with Crippen LogP contribution in [0.4, 0.5) is 0 Å². The highest BCUT2D eigenvalue weighted by Crippen LogP contribution is 2.32. The molecule has 15 heavy (non-hydrogen) atoms. The summed E-state index contributed by atoms with van der Waals surface area (Å²) in [5.74, 6) is 1.39. The third-order valence-electron chi connectivity index (χ3n) is 2.15. The van der Waals surface area contributed by atoms with Crippen LogP contribution in [-0.2, 0) is 17.9 Å². The quantitative estimate of drug-likeness (QED) is 0.797. The van der Waals surface area contributed by atoms with E-state index in [1.165, 1.54) is 0 Å². The van der Waals surface area contributed by atoms with Gasteiger partial charge >= 0.3 is 0 Å². The molecule has 0 unspecified atom stereocenters. The maximum atomic E-state index is 5.59. The SMILES string of the molecule is COCc1cc(CN)cc(OC)c1OC. The number of rotatable bonds is 5. The number of methoxy groups -OCH3 is 3. The summed E-state index contributed by atoms with van der Waals surface area (Å²) < 4.78 is 15.6. The van der Waals surface area contributed by atoms with E-state index in [1.54, 1.807) is 21.3 Å². The van der Waals surface area contributed by atoms with Crippen molar-refractivity contribution in [3.05, 3.63) is 23.3 Å². The molecule has 0 atom stereocenters. The maximum absolute atomic E-state index is 5.59. The molecule has 1 aromatic rings. The van der Waals surface area contributed by atoms with Crippen LogP contribution in [0.3, 0.4) is 0 Å². The lowest BCUT2D eigenvalue weighted by atomic mass is 10.1. The molecule has 0 aliphatic rings. The van der Waals surface area contributed by atoms with Gasteiger partial charge in [-0.05, 0) is 17.7 Å². The molecule has 0 heterocycles. The van der Waals surface area contributed by atoms with E-state index in [4.69, 9.17) is 19.9 Å². The van der Waals surface area contributed by atoms with Crippen LogP contribution in [0.1, 0.15) is 11.1 Å². The maximum Gasteiger partial charge on any atom is 0.166 e. The monoisotopic (exact) mass is 211 g/mol. The Morgan fingerprint density at radius 1 is 1.13 bits per heavy atom. The molecule has 2 N–H and O–H groups in total. The van der Waals surface area contributed by atoms with Crippen LogP contribution in [0, 0.1) is 0 Å². The van der Waals surface area contributed by atoms with E-state index in [9.17, 15) is 0 Å². The van der Waals surface area contributed by atoms with Crippen LogP contribution >= 0.6 is 0 Å². The van der Waals surface area contributed by atoms with Gasteiger partial charge in [0.2, 0.25) is 0 Å². The summed E-state index contributed by atoms with van der Waals surface area (Å²) in [6, 6.07) is 3.84. The average molecular weight is 211 g/mol. The molecule has 0 aromatic heterocycles. The third-order valence-corrected chi connectivity index (χ3v) is 2.15. The van der Waals surface area contributed by atoms with Crippen molar-refractivity contribution in [1.82, 2.24) is 0 Å². The van der Waals surface area contributed by atoms with E-state index in [0.717, 1.165) is 11.1 Å². The Labute approximate surface area is 89.9 Å². The zero-order valence-electron chi connectivity index (χ0n) is 9.37. The predicted octanol–water partition coefficient (Wildman–Crippen LogP) is 1.31. The molecule has 1 aromatic carbocycles. The second-order valence-corrected chi connectivity index (χ2v) is 3.13. The van der Waals surface area contributed by atoms with Gasteiger partial charge < -0.3 is 19.9 Å². The van der Waals surface area contributed by atoms with Crippen molar-refractivity contribution < 1.29 is 14.2 Å². The zero-order valence-corrected chi connectivity index (χ0v) is 9.37. The van der Waals surface area contributed by atoms with Gasteiger partial charge in [-0.2, -0.15) is 0 Å². The van der Waals surface area contributed by atoms with E-state index < -0.39 is 0 Å². The molecule has 0 aliphatic heterocycles. The first-order valence-corrected chi connectivity index (χ1v) is 4.69. The number of hydrogen-bond donors (Lipinski definition) is 1. The number of ether oxygens (including phenoxy) is 3. The van der Waals surface area contributed by atoms with Crippen molar-refractivity contribution in [2.45, 2.75) is 13.2 Å². The summed E-state index contributed by atoms with van der Waals surface area (Å²) in [4.78, 5) is 0. The lowest BCUT2D eigenvalue weighted by molar-refractivity contribution is 0.180. The number of hydrogen-bond acceptors (Lipinski definition) is 4. The minimum Gasteiger partial charge on any atom is -0.493 e. The molecule has 0 saturated heterocycles. The second kappa shape index (κ2) is 5.58. The van der Waals surface area contributed by atoms with Crippen molar-refractivity contribution in [2.24, 2.45) is 5.73 Å². The van der Waals surface area contributed by atoms with Crippen LogP contribution in [0.5, 0.6) is 11.5 Å². The first-order valence-electron chi connectivity index (χ1n) is 4.69. The molecule has 0 spiro atoms. The lowest BCUT2D eigenvalue weighted by Gasteiger charge is -2.14. The smallest absolute Gasteiger partial charge is 0.166 e. The van der Waals surface area contributed by atoms with E-state index in [2.05, 4.69) is 0 Å². The summed E-state index contributed by atoms with van der Waals surface area (Å²) >= 11 is 0. The van der Waals surface area contributed by atoms with E-state index in [1.807, 2.05) is 12.1 Å². The third kappa shape index (κ3) is 2.61.